The Kier molecular flexibility index (Phi) is 4.76. The Morgan fingerprint density at radius 1 is 1.42 bits per heavy atom. The fraction of sp³-hybridized carbons (Fsp3) is 0.389. The van der Waals surface area contributed by atoms with Gasteiger partial charge >= 0.3 is 0 Å². The molecule has 3 rings (SSSR count). The number of benzene rings is 1. The zero-order valence-corrected chi connectivity index (χ0v) is 14.8. The predicted molar refractivity (Wildman–Crippen MR) is 93.6 cm³/mol. The van der Waals surface area contributed by atoms with Crippen molar-refractivity contribution in [3.05, 3.63) is 47.1 Å². The summed E-state index contributed by atoms with van der Waals surface area (Å²) < 4.78 is 36.1. The van der Waals surface area contributed by atoms with Crippen molar-refractivity contribution in [3.63, 3.8) is 0 Å². The van der Waals surface area contributed by atoms with Crippen LogP contribution in [0.5, 0.6) is 5.75 Å². The molecule has 0 radical (unpaired) electrons. The lowest BCUT2D eigenvalue weighted by Crippen LogP contribution is -2.13. The highest BCUT2D eigenvalue weighted by Crippen LogP contribution is 2.53. The first-order valence-electron chi connectivity index (χ1n) is 8.13. The van der Waals surface area contributed by atoms with E-state index < -0.39 is 12.1 Å². The summed E-state index contributed by atoms with van der Waals surface area (Å²) in [4.78, 5) is 7.86. The van der Waals surface area contributed by atoms with E-state index in [0.717, 1.165) is 35.8 Å². The third-order valence-corrected chi connectivity index (χ3v) is 4.60. The number of ether oxygens (including phenoxy) is 1. The van der Waals surface area contributed by atoms with Crippen molar-refractivity contribution in [2.24, 2.45) is 10.7 Å². The van der Waals surface area contributed by atoms with Gasteiger partial charge in [-0.15, -0.1) is 0 Å². The van der Waals surface area contributed by atoms with E-state index in [2.05, 4.69) is 15.1 Å². The van der Waals surface area contributed by atoms with Gasteiger partial charge in [-0.3, -0.25) is 4.99 Å². The molecule has 1 aromatic heterocycles. The van der Waals surface area contributed by atoms with Crippen molar-refractivity contribution in [2.75, 3.05) is 14.2 Å². The Morgan fingerprint density at radius 2 is 2.15 bits per heavy atom. The van der Waals surface area contributed by atoms with Gasteiger partial charge in [0.1, 0.15) is 11.5 Å². The molecule has 2 N–H and O–H groups in total. The van der Waals surface area contributed by atoms with Gasteiger partial charge in [0, 0.05) is 7.05 Å². The van der Waals surface area contributed by atoms with Crippen LogP contribution < -0.4 is 10.5 Å². The monoisotopic (exact) mass is 362 g/mol. The maximum atomic E-state index is 12.8. The van der Waals surface area contributed by atoms with Gasteiger partial charge < -0.3 is 15.0 Å². The first-order valence-corrected chi connectivity index (χ1v) is 8.13. The number of hydrogen-bond acceptors (Lipinski definition) is 6. The van der Waals surface area contributed by atoms with Gasteiger partial charge in [-0.25, -0.2) is 8.78 Å². The number of aliphatic imine (C=N–C) groups is 1. The normalized spacial score (nSPS) is 16.8. The molecule has 138 valence electrons. The Bertz CT molecular complexity index is 870. The maximum absolute atomic E-state index is 12.8. The average molecular weight is 362 g/mol. The van der Waals surface area contributed by atoms with Gasteiger partial charge in [0.2, 0.25) is 0 Å². The largest absolute Gasteiger partial charge is 0.497 e. The summed E-state index contributed by atoms with van der Waals surface area (Å²) in [6.45, 7) is 2.01. The van der Waals surface area contributed by atoms with Gasteiger partial charge in [0.25, 0.3) is 12.3 Å². The summed E-state index contributed by atoms with van der Waals surface area (Å²) in [5.74, 6) is 1.25. The molecule has 1 aromatic carbocycles. The number of nitrogens with two attached hydrogens (primary N) is 1. The zero-order chi connectivity index (χ0) is 18.9. The molecular formula is C18H20F2N4O2. The molecule has 1 aliphatic carbocycles. The van der Waals surface area contributed by atoms with E-state index >= 15 is 0 Å². The van der Waals surface area contributed by atoms with Crippen LogP contribution in [0.3, 0.4) is 0 Å². The SMILES string of the molecule is CN=C(C=C(N)c1nc(C2(c3cc(OC)ccc3C)CC2)no1)C(F)F. The van der Waals surface area contributed by atoms with E-state index in [4.69, 9.17) is 15.0 Å². The minimum absolute atomic E-state index is 0.00799. The molecule has 0 unspecified atom stereocenters. The van der Waals surface area contributed by atoms with E-state index in [0.29, 0.717) is 5.82 Å². The van der Waals surface area contributed by atoms with Crippen LogP contribution in [0.2, 0.25) is 0 Å². The van der Waals surface area contributed by atoms with Crippen LogP contribution in [0.4, 0.5) is 8.78 Å². The summed E-state index contributed by atoms with van der Waals surface area (Å²) in [6.07, 6.45) is 0.0540. The summed E-state index contributed by atoms with van der Waals surface area (Å²) >= 11 is 0. The molecule has 1 fully saturated rings. The molecule has 1 heterocycles. The highest BCUT2D eigenvalue weighted by Gasteiger charge is 2.51. The molecule has 0 spiro atoms. The van der Waals surface area contributed by atoms with Crippen molar-refractivity contribution >= 4 is 11.4 Å². The molecule has 0 atom stereocenters. The molecule has 0 saturated heterocycles. The number of aryl methyl sites for hydroxylation is 1. The lowest BCUT2D eigenvalue weighted by molar-refractivity contribution is 0.226. The van der Waals surface area contributed by atoms with Crippen LogP contribution >= 0.6 is 0 Å². The molecule has 0 aliphatic heterocycles. The quantitative estimate of drug-likeness (QED) is 0.798. The van der Waals surface area contributed by atoms with Crippen LogP contribution in [0, 0.1) is 6.92 Å². The van der Waals surface area contributed by atoms with E-state index in [1.165, 1.54) is 7.05 Å². The zero-order valence-electron chi connectivity index (χ0n) is 14.8. The number of aromatic nitrogens is 2. The minimum Gasteiger partial charge on any atom is -0.497 e. The van der Waals surface area contributed by atoms with Crippen molar-refractivity contribution in [1.82, 2.24) is 10.1 Å². The number of methoxy groups -OCH3 is 1. The molecule has 0 bridgehead atoms. The molecule has 2 aromatic rings. The number of alkyl halides is 2. The molecule has 0 amide bonds. The van der Waals surface area contributed by atoms with Crippen LogP contribution in [0.1, 0.15) is 35.7 Å². The second-order valence-electron chi connectivity index (χ2n) is 6.23. The van der Waals surface area contributed by atoms with E-state index in [1.54, 1.807) is 7.11 Å². The van der Waals surface area contributed by atoms with Gasteiger partial charge in [0.05, 0.1) is 18.2 Å². The van der Waals surface area contributed by atoms with Crippen molar-refractivity contribution in [3.8, 4) is 5.75 Å². The third kappa shape index (κ3) is 3.18. The number of allylic oxidation sites excluding steroid dienone is 1. The number of halogens is 2. The van der Waals surface area contributed by atoms with E-state index in [-0.39, 0.29) is 17.0 Å². The van der Waals surface area contributed by atoms with Crippen molar-refractivity contribution in [2.45, 2.75) is 31.6 Å². The van der Waals surface area contributed by atoms with Gasteiger partial charge in [-0.2, -0.15) is 4.98 Å². The predicted octanol–water partition coefficient (Wildman–Crippen LogP) is 3.10. The fourth-order valence-electron chi connectivity index (χ4n) is 2.96. The summed E-state index contributed by atoms with van der Waals surface area (Å²) in [5.41, 5.74) is 7.16. The number of nitrogens with zero attached hydrogens (tertiary/aromatic N) is 3. The molecule has 8 heteroatoms. The standard InChI is InChI=1S/C18H20F2N4O2/c1-10-4-5-11(25-3)8-12(10)18(6-7-18)17-23-16(26-24-17)13(21)9-14(22-2)15(19)20/h4-5,8-9,15H,6-7,21H2,1-3H3. The fourth-order valence-corrected chi connectivity index (χ4v) is 2.96. The second-order valence-corrected chi connectivity index (χ2v) is 6.23. The first-order chi connectivity index (χ1) is 12.4. The van der Waals surface area contributed by atoms with Gasteiger partial charge in [-0.1, -0.05) is 11.2 Å². The van der Waals surface area contributed by atoms with Crippen LogP contribution in [-0.4, -0.2) is 36.4 Å². The summed E-state index contributed by atoms with van der Waals surface area (Å²) in [7, 11) is 2.89. The topological polar surface area (TPSA) is 86.5 Å². The van der Waals surface area contributed by atoms with Gasteiger partial charge in [0.15, 0.2) is 5.82 Å². The summed E-state index contributed by atoms with van der Waals surface area (Å²) in [6, 6.07) is 5.85. The Balaban J connectivity index is 1.94. The smallest absolute Gasteiger partial charge is 0.279 e. The maximum Gasteiger partial charge on any atom is 0.279 e. The molecule has 1 saturated carbocycles. The van der Waals surface area contributed by atoms with Crippen molar-refractivity contribution < 1.29 is 18.0 Å². The lowest BCUT2D eigenvalue weighted by Gasteiger charge is -2.15. The Labute approximate surface area is 149 Å². The number of rotatable bonds is 6. The third-order valence-electron chi connectivity index (χ3n) is 4.60. The number of hydrogen-bond donors (Lipinski definition) is 1. The van der Waals surface area contributed by atoms with Crippen LogP contribution in [-0.2, 0) is 5.41 Å². The van der Waals surface area contributed by atoms with Crippen molar-refractivity contribution in [1.29, 1.82) is 0 Å². The highest BCUT2D eigenvalue weighted by atomic mass is 19.3. The van der Waals surface area contributed by atoms with E-state index in [1.807, 2.05) is 25.1 Å². The average Bonchev–Trinajstić information content (AvgIpc) is 3.28. The molecule has 6 nitrogen and oxygen atoms in total. The van der Waals surface area contributed by atoms with Crippen LogP contribution in [0.15, 0.2) is 33.8 Å². The summed E-state index contributed by atoms with van der Waals surface area (Å²) in [5, 5.41) is 4.05. The molecule has 1 aliphatic rings. The Hall–Kier alpha value is -2.77. The highest BCUT2D eigenvalue weighted by molar-refractivity contribution is 6.01. The Morgan fingerprint density at radius 3 is 2.73 bits per heavy atom. The van der Waals surface area contributed by atoms with Gasteiger partial charge in [-0.05, 0) is 49.1 Å². The molecular weight excluding hydrogens is 342 g/mol. The van der Waals surface area contributed by atoms with E-state index in [9.17, 15) is 8.78 Å². The second kappa shape index (κ2) is 6.86. The first kappa shape index (κ1) is 18.0. The van der Waals surface area contributed by atoms with Crippen LogP contribution in [0.25, 0.3) is 5.70 Å². The molecule has 26 heavy (non-hydrogen) atoms. The lowest BCUT2D eigenvalue weighted by atomic mass is 9.91. The minimum atomic E-state index is -2.73.